The van der Waals surface area contributed by atoms with Crippen molar-refractivity contribution in [3.05, 3.63) is 71.4 Å². The van der Waals surface area contributed by atoms with Gasteiger partial charge in [-0.05, 0) is 73.9 Å². The van der Waals surface area contributed by atoms with Crippen LogP contribution in [0.4, 0.5) is 11.5 Å². The van der Waals surface area contributed by atoms with Crippen LogP contribution >= 0.6 is 0 Å². The van der Waals surface area contributed by atoms with Crippen LogP contribution in [0.5, 0.6) is 5.75 Å². The van der Waals surface area contributed by atoms with E-state index in [0.29, 0.717) is 0 Å². The van der Waals surface area contributed by atoms with Gasteiger partial charge in [-0.25, -0.2) is 9.50 Å². The lowest BCUT2D eigenvalue weighted by Gasteiger charge is -2.09. The van der Waals surface area contributed by atoms with Gasteiger partial charge in [-0.2, -0.15) is 0 Å². The molecular formula is C24H23N5O. The SMILES string of the molecule is COc1cc2[nH]c(-c3cnc4ccc(Nc5ccc(C)c(C)c5)nn34)cc2cc1C. The second kappa shape index (κ2) is 6.91. The third-order valence-electron chi connectivity index (χ3n) is 5.55. The number of anilines is 2. The molecule has 0 atom stereocenters. The zero-order valence-corrected chi connectivity index (χ0v) is 17.4. The highest BCUT2D eigenvalue weighted by atomic mass is 16.5. The summed E-state index contributed by atoms with van der Waals surface area (Å²) in [6, 6.07) is 16.5. The summed E-state index contributed by atoms with van der Waals surface area (Å²) in [7, 11) is 1.69. The average Bonchev–Trinajstić information content (AvgIpc) is 3.33. The lowest BCUT2D eigenvalue weighted by Crippen LogP contribution is -2.00. The Kier molecular flexibility index (Phi) is 4.20. The van der Waals surface area contributed by atoms with Gasteiger partial charge in [-0.3, -0.25) is 0 Å². The summed E-state index contributed by atoms with van der Waals surface area (Å²) in [5, 5.41) is 9.30. The highest BCUT2D eigenvalue weighted by Gasteiger charge is 2.12. The first-order valence-corrected chi connectivity index (χ1v) is 9.88. The third kappa shape index (κ3) is 3.06. The van der Waals surface area contributed by atoms with Gasteiger partial charge >= 0.3 is 0 Å². The molecule has 0 aliphatic heterocycles. The van der Waals surface area contributed by atoms with Crippen LogP contribution in [0, 0.1) is 20.8 Å². The molecule has 0 spiro atoms. The smallest absolute Gasteiger partial charge is 0.154 e. The van der Waals surface area contributed by atoms with Gasteiger partial charge in [-0.15, -0.1) is 5.10 Å². The molecule has 2 N–H and O–H groups in total. The molecule has 2 aromatic carbocycles. The molecule has 0 aliphatic carbocycles. The predicted molar refractivity (Wildman–Crippen MR) is 121 cm³/mol. The number of nitrogens with zero attached hydrogens (tertiary/aromatic N) is 3. The quantitative estimate of drug-likeness (QED) is 0.417. The number of imidazole rings is 1. The molecule has 0 fully saturated rings. The van der Waals surface area contributed by atoms with Crippen LogP contribution in [0.2, 0.25) is 0 Å². The number of aromatic amines is 1. The Labute approximate surface area is 174 Å². The van der Waals surface area contributed by atoms with E-state index in [-0.39, 0.29) is 0 Å². The number of aromatic nitrogens is 4. The number of fused-ring (bicyclic) bond motifs is 2. The van der Waals surface area contributed by atoms with Crippen LogP contribution in [0.25, 0.3) is 27.9 Å². The van der Waals surface area contributed by atoms with Gasteiger partial charge < -0.3 is 15.0 Å². The van der Waals surface area contributed by atoms with E-state index in [1.807, 2.05) is 35.8 Å². The van der Waals surface area contributed by atoms with Gasteiger partial charge in [0.05, 0.1) is 19.0 Å². The molecule has 3 heterocycles. The Bertz CT molecular complexity index is 1400. The highest BCUT2D eigenvalue weighted by Crippen LogP contribution is 2.30. The third-order valence-corrected chi connectivity index (χ3v) is 5.55. The Morgan fingerprint density at radius 3 is 2.60 bits per heavy atom. The Hall–Kier alpha value is -3.80. The van der Waals surface area contributed by atoms with Gasteiger partial charge in [-0.1, -0.05) is 6.07 Å². The highest BCUT2D eigenvalue weighted by molar-refractivity contribution is 5.87. The van der Waals surface area contributed by atoms with Gasteiger partial charge in [0.15, 0.2) is 11.5 Å². The van der Waals surface area contributed by atoms with E-state index in [4.69, 9.17) is 9.84 Å². The molecule has 0 saturated carbocycles. The summed E-state index contributed by atoms with van der Waals surface area (Å²) in [5.74, 6) is 1.63. The van der Waals surface area contributed by atoms with Crippen molar-refractivity contribution in [1.29, 1.82) is 0 Å². The summed E-state index contributed by atoms with van der Waals surface area (Å²) in [5.41, 5.74) is 8.31. The van der Waals surface area contributed by atoms with Gasteiger partial charge in [0.2, 0.25) is 0 Å². The van der Waals surface area contributed by atoms with E-state index in [1.54, 1.807) is 7.11 Å². The number of methoxy groups -OCH3 is 1. The Morgan fingerprint density at radius 1 is 0.933 bits per heavy atom. The van der Waals surface area contributed by atoms with E-state index < -0.39 is 0 Å². The number of nitrogens with one attached hydrogen (secondary N) is 2. The molecule has 0 unspecified atom stereocenters. The summed E-state index contributed by atoms with van der Waals surface area (Å²) in [4.78, 5) is 7.99. The lowest BCUT2D eigenvalue weighted by atomic mass is 10.1. The first kappa shape index (κ1) is 18.2. The van der Waals surface area contributed by atoms with Crippen molar-refractivity contribution in [1.82, 2.24) is 19.6 Å². The number of aryl methyl sites for hydroxylation is 3. The lowest BCUT2D eigenvalue weighted by molar-refractivity contribution is 0.412. The van der Waals surface area contributed by atoms with Crippen molar-refractivity contribution in [3.8, 4) is 17.1 Å². The molecule has 0 aliphatic rings. The second-order valence-corrected chi connectivity index (χ2v) is 7.65. The Balaban J connectivity index is 1.56. The summed E-state index contributed by atoms with van der Waals surface area (Å²) in [6.07, 6.45) is 1.84. The maximum absolute atomic E-state index is 5.45. The Morgan fingerprint density at radius 2 is 1.80 bits per heavy atom. The van der Waals surface area contributed by atoms with Gasteiger partial charge in [0, 0.05) is 22.7 Å². The van der Waals surface area contributed by atoms with Crippen molar-refractivity contribution < 1.29 is 4.74 Å². The van der Waals surface area contributed by atoms with Crippen LogP contribution in [0.15, 0.2) is 54.7 Å². The molecule has 3 aromatic heterocycles. The molecule has 0 radical (unpaired) electrons. The van der Waals surface area contributed by atoms with Crippen molar-refractivity contribution in [2.45, 2.75) is 20.8 Å². The molecule has 6 heteroatoms. The minimum atomic E-state index is 0.763. The van der Waals surface area contributed by atoms with Crippen molar-refractivity contribution in [2.24, 2.45) is 0 Å². The standard InChI is InChI=1S/C24H23N5O/c1-14-5-6-18(10-15(14)2)26-23-7-8-24-25-13-21(29(24)28-23)20-11-17-9-16(3)22(30-4)12-19(17)27-20/h5-13,27H,1-4H3,(H,26,28). The molecule has 30 heavy (non-hydrogen) atoms. The second-order valence-electron chi connectivity index (χ2n) is 7.65. The van der Waals surface area contributed by atoms with Crippen LogP contribution in [-0.4, -0.2) is 26.7 Å². The fourth-order valence-corrected chi connectivity index (χ4v) is 3.72. The summed E-state index contributed by atoms with van der Waals surface area (Å²) in [6.45, 7) is 6.27. The predicted octanol–water partition coefficient (Wildman–Crippen LogP) is 5.56. The topological polar surface area (TPSA) is 67.2 Å². The molecule has 5 rings (SSSR count). The zero-order valence-electron chi connectivity index (χ0n) is 17.4. The normalized spacial score (nSPS) is 11.3. The van der Waals surface area contributed by atoms with Crippen LogP contribution in [0.3, 0.4) is 0 Å². The van der Waals surface area contributed by atoms with Crippen LogP contribution in [-0.2, 0) is 0 Å². The number of benzene rings is 2. The molecular weight excluding hydrogens is 374 g/mol. The van der Waals surface area contributed by atoms with E-state index >= 15 is 0 Å². The van der Waals surface area contributed by atoms with Crippen molar-refractivity contribution in [2.75, 3.05) is 12.4 Å². The number of hydrogen-bond donors (Lipinski definition) is 2. The van der Waals surface area contributed by atoms with Crippen LogP contribution < -0.4 is 10.1 Å². The van der Waals surface area contributed by atoms with Gasteiger partial charge in [0.25, 0.3) is 0 Å². The van der Waals surface area contributed by atoms with Crippen LogP contribution in [0.1, 0.15) is 16.7 Å². The summed E-state index contributed by atoms with van der Waals surface area (Å²) >= 11 is 0. The number of ether oxygens (including phenoxy) is 1. The molecule has 5 aromatic rings. The average molecular weight is 397 g/mol. The fourth-order valence-electron chi connectivity index (χ4n) is 3.72. The minimum absolute atomic E-state index is 0.763. The molecule has 0 amide bonds. The number of hydrogen-bond acceptors (Lipinski definition) is 4. The van der Waals surface area contributed by atoms with E-state index in [1.165, 1.54) is 11.1 Å². The first-order chi connectivity index (χ1) is 14.5. The monoisotopic (exact) mass is 397 g/mol. The largest absolute Gasteiger partial charge is 0.496 e. The summed E-state index contributed by atoms with van der Waals surface area (Å²) < 4.78 is 7.31. The molecule has 0 bridgehead atoms. The maximum Gasteiger partial charge on any atom is 0.154 e. The molecule has 6 nitrogen and oxygen atoms in total. The van der Waals surface area contributed by atoms with E-state index in [0.717, 1.165) is 50.8 Å². The van der Waals surface area contributed by atoms with Crippen molar-refractivity contribution >= 4 is 28.1 Å². The van der Waals surface area contributed by atoms with Crippen molar-refractivity contribution in [3.63, 3.8) is 0 Å². The van der Waals surface area contributed by atoms with E-state index in [9.17, 15) is 0 Å². The fraction of sp³-hybridized carbons (Fsp3) is 0.167. The first-order valence-electron chi connectivity index (χ1n) is 9.88. The zero-order chi connectivity index (χ0) is 20.8. The van der Waals surface area contributed by atoms with Gasteiger partial charge in [0.1, 0.15) is 11.4 Å². The maximum atomic E-state index is 5.45. The number of rotatable bonds is 4. The van der Waals surface area contributed by atoms with E-state index in [2.05, 4.69) is 59.5 Å². The minimum Gasteiger partial charge on any atom is -0.496 e. The molecule has 150 valence electrons. The molecule has 0 saturated heterocycles. The number of H-pyrrole nitrogens is 1.